The summed E-state index contributed by atoms with van der Waals surface area (Å²) in [7, 11) is 1.80. The molecule has 0 aromatic carbocycles. The number of amides is 1. The first-order valence-electron chi connectivity index (χ1n) is 3.86. The third-order valence-corrected chi connectivity index (χ3v) is 2.04. The van der Waals surface area contributed by atoms with Crippen molar-refractivity contribution in [2.45, 2.75) is 19.0 Å². The molecule has 0 radical (unpaired) electrons. The zero-order valence-electron chi connectivity index (χ0n) is 7.00. The van der Waals surface area contributed by atoms with Gasteiger partial charge in [0.25, 0.3) is 0 Å². The second kappa shape index (κ2) is 3.19. The van der Waals surface area contributed by atoms with E-state index in [-0.39, 0.29) is 11.9 Å². The normalized spacial score (nSPS) is 20.6. The van der Waals surface area contributed by atoms with Crippen molar-refractivity contribution >= 4 is 5.91 Å². The lowest BCUT2D eigenvalue weighted by atomic mass is 10.1. The van der Waals surface area contributed by atoms with Gasteiger partial charge >= 0.3 is 0 Å². The van der Waals surface area contributed by atoms with Gasteiger partial charge in [-0.1, -0.05) is 0 Å². The number of hydrogen-bond donors (Lipinski definition) is 2. The van der Waals surface area contributed by atoms with Crippen LogP contribution in [0.1, 0.15) is 6.92 Å². The molecule has 0 spiro atoms. The molecule has 1 aliphatic heterocycles. The highest BCUT2D eigenvalue weighted by molar-refractivity contribution is 5.81. The first-order valence-corrected chi connectivity index (χ1v) is 3.86. The molecule has 1 aliphatic rings. The molecule has 1 heterocycles. The average molecular weight is 157 g/mol. The van der Waals surface area contributed by atoms with Gasteiger partial charge in [0.1, 0.15) is 0 Å². The van der Waals surface area contributed by atoms with E-state index in [9.17, 15) is 4.79 Å². The van der Waals surface area contributed by atoms with E-state index in [0.717, 1.165) is 13.1 Å². The maximum Gasteiger partial charge on any atom is 0.239 e. The Balaban J connectivity index is 2.39. The SMILES string of the molecule is C[C@H](N)C(=O)N(C)C1CNC1. The van der Waals surface area contributed by atoms with Crippen molar-refractivity contribution in [1.82, 2.24) is 10.2 Å². The number of nitrogens with two attached hydrogens (primary N) is 1. The molecule has 0 aromatic heterocycles. The Morgan fingerprint density at radius 2 is 2.27 bits per heavy atom. The van der Waals surface area contributed by atoms with E-state index in [2.05, 4.69) is 5.32 Å². The highest BCUT2D eigenvalue weighted by Gasteiger charge is 2.26. The molecule has 1 fully saturated rings. The largest absolute Gasteiger partial charge is 0.339 e. The van der Waals surface area contributed by atoms with Gasteiger partial charge in [-0.25, -0.2) is 0 Å². The van der Waals surface area contributed by atoms with E-state index in [4.69, 9.17) is 5.73 Å². The minimum atomic E-state index is -0.374. The predicted molar refractivity (Wildman–Crippen MR) is 43.1 cm³/mol. The fourth-order valence-corrected chi connectivity index (χ4v) is 1.05. The van der Waals surface area contributed by atoms with Crippen LogP contribution in [0.5, 0.6) is 0 Å². The van der Waals surface area contributed by atoms with Gasteiger partial charge in [-0.2, -0.15) is 0 Å². The average Bonchev–Trinajstić information content (AvgIpc) is 1.82. The van der Waals surface area contributed by atoms with Gasteiger partial charge in [0, 0.05) is 20.1 Å². The van der Waals surface area contributed by atoms with E-state index in [1.165, 1.54) is 0 Å². The van der Waals surface area contributed by atoms with Gasteiger partial charge in [0.2, 0.25) is 5.91 Å². The summed E-state index contributed by atoms with van der Waals surface area (Å²) in [5, 5.41) is 3.10. The Hall–Kier alpha value is -0.610. The quantitative estimate of drug-likeness (QED) is 0.527. The van der Waals surface area contributed by atoms with Crippen LogP contribution in [-0.4, -0.2) is 43.0 Å². The van der Waals surface area contributed by atoms with Gasteiger partial charge in [-0.3, -0.25) is 4.79 Å². The molecular weight excluding hydrogens is 142 g/mol. The van der Waals surface area contributed by atoms with Gasteiger partial charge in [0.15, 0.2) is 0 Å². The molecule has 3 N–H and O–H groups in total. The van der Waals surface area contributed by atoms with Crippen molar-refractivity contribution in [3.8, 4) is 0 Å². The van der Waals surface area contributed by atoms with Gasteiger partial charge < -0.3 is 16.0 Å². The van der Waals surface area contributed by atoms with Crippen LogP contribution in [0, 0.1) is 0 Å². The molecule has 0 bridgehead atoms. The molecule has 1 rings (SSSR count). The summed E-state index contributed by atoms with van der Waals surface area (Å²) in [6.07, 6.45) is 0. The van der Waals surface area contributed by atoms with Crippen LogP contribution in [0.3, 0.4) is 0 Å². The smallest absolute Gasteiger partial charge is 0.239 e. The van der Waals surface area contributed by atoms with Gasteiger partial charge in [-0.05, 0) is 6.92 Å². The highest BCUT2D eigenvalue weighted by Crippen LogP contribution is 2.02. The Labute approximate surface area is 66.7 Å². The van der Waals surface area contributed by atoms with Crippen LogP contribution in [-0.2, 0) is 4.79 Å². The van der Waals surface area contributed by atoms with Crippen LogP contribution in [0.4, 0.5) is 0 Å². The Bertz CT molecular complexity index is 154. The molecule has 4 nitrogen and oxygen atoms in total. The summed E-state index contributed by atoms with van der Waals surface area (Å²) < 4.78 is 0. The van der Waals surface area contributed by atoms with E-state index >= 15 is 0 Å². The van der Waals surface area contributed by atoms with E-state index in [1.54, 1.807) is 18.9 Å². The molecule has 0 unspecified atom stereocenters. The second-order valence-corrected chi connectivity index (χ2v) is 3.05. The number of rotatable bonds is 2. The van der Waals surface area contributed by atoms with Crippen LogP contribution in [0.15, 0.2) is 0 Å². The van der Waals surface area contributed by atoms with Crippen molar-refractivity contribution in [3.05, 3.63) is 0 Å². The number of nitrogens with zero attached hydrogens (tertiary/aromatic N) is 1. The van der Waals surface area contributed by atoms with E-state index in [0.29, 0.717) is 6.04 Å². The summed E-state index contributed by atoms with van der Waals surface area (Å²) in [5.41, 5.74) is 5.44. The van der Waals surface area contributed by atoms with Crippen LogP contribution in [0.25, 0.3) is 0 Å². The molecule has 0 aromatic rings. The number of carbonyl (C=O) groups is 1. The lowest BCUT2D eigenvalue weighted by molar-refractivity contribution is -0.133. The summed E-state index contributed by atoms with van der Waals surface area (Å²) in [4.78, 5) is 13.0. The van der Waals surface area contributed by atoms with Crippen LogP contribution in [0.2, 0.25) is 0 Å². The van der Waals surface area contributed by atoms with Gasteiger partial charge in [0.05, 0.1) is 12.1 Å². The number of nitrogens with one attached hydrogen (secondary N) is 1. The first kappa shape index (κ1) is 8.49. The van der Waals surface area contributed by atoms with Crippen molar-refractivity contribution in [1.29, 1.82) is 0 Å². The monoisotopic (exact) mass is 157 g/mol. The molecule has 0 aliphatic carbocycles. The van der Waals surface area contributed by atoms with Crippen molar-refractivity contribution in [2.75, 3.05) is 20.1 Å². The topological polar surface area (TPSA) is 58.4 Å². The van der Waals surface area contributed by atoms with Crippen molar-refractivity contribution < 1.29 is 4.79 Å². The van der Waals surface area contributed by atoms with Crippen LogP contribution < -0.4 is 11.1 Å². The standard InChI is InChI=1S/C7H15N3O/c1-5(8)7(11)10(2)6-3-9-4-6/h5-6,9H,3-4,8H2,1-2H3/t5-/m0/s1. The molecular formula is C7H15N3O. The molecule has 0 saturated carbocycles. The van der Waals surface area contributed by atoms with Gasteiger partial charge in [-0.15, -0.1) is 0 Å². The van der Waals surface area contributed by atoms with Crippen molar-refractivity contribution in [3.63, 3.8) is 0 Å². The lowest BCUT2D eigenvalue weighted by Gasteiger charge is -2.36. The summed E-state index contributed by atoms with van der Waals surface area (Å²) in [5.74, 6) is 0.0245. The maximum atomic E-state index is 11.3. The summed E-state index contributed by atoms with van der Waals surface area (Å²) in [6.45, 7) is 3.51. The minimum Gasteiger partial charge on any atom is -0.339 e. The van der Waals surface area contributed by atoms with E-state index in [1.807, 2.05) is 0 Å². The Morgan fingerprint density at radius 1 is 1.73 bits per heavy atom. The molecule has 1 atom stereocenters. The third-order valence-electron chi connectivity index (χ3n) is 2.04. The fourth-order valence-electron chi connectivity index (χ4n) is 1.05. The molecule has 64 valence electrons. The Kier molecular flexibility index (Phi) is 2.46. The van der Waals surface area contributed by atoms with Crippen LogP contribution >= 0.6 is 0 Å². The summed E-state index contributed by atoms with van der Waals surface area (Å²) in [6, 6.07) is -0.0194. The molecule has 4 heteroatoms. The predicted octanol–water partition coefficient (Wildman–Crippen LogP) is -1.24. The maximum absolute atomic E-state index is 11.3. The number of hydrogen-bond acceptors (Lipinski definition) is 3. The lowest BCUT2D eigenvalue weighted by Crippen LogP contribution is -2.59. The zero-order valence-corrected chi connectivity index (χ0v) is 7.00. The number of likely N-dealkylation sites (N-methyl/N-ethyl adjacent to an activating group) is 1. The fraction of sp³-hybridized carbons (Fsp3) is 0.857. The second-order valence-electron chi connectivity index (χ2n) is 3.05. The summed E-state index contributed by atoms with van der Waals surface area (Å²) >= 11 is 0. The first-order chi connectivity index (χ1) is 5.13. The minimum absolute atomic E-state index is 0.0245. The highest BCUT2D eigenvalue weighted by atomic mass is 16.2. The van der Waals surface area contributed by atoms with Crippen molar-refractivity contribution in [2.24, 2.45) is 5.73 Å². The van der Waals surface area contributed by atoms with E-state index < -0.39 is 0 Å². The molecule has 1 saturated heterocycles. The molecule has 1 amide bonds. The third kappa shape index (κ3) is 1.70. The molecule has 11 heavy (non-hydrogen) atoms. The Morgan fingerprint density at radius 3 is 2.55 bits per heavy atom. The number of carbonyl (C=O) groups excluding carboxylic acids is 1. The zero-order chi connectivity index (χ0) is 8.43.